The molecule has 15 heavy (non-hydrogen) atoms. The van der Waals surface area contributed by atoms with Crippen LogP contribution in [-0.4, -0.2) is 0 Å². The Morgan fingerprint density at radius 3 is 2.67 bits per heavy atom. The zero-order chi connectivity index (χ0) is 10.3. The van der Waals surface area contributed by atoms with Gasteiger partial charge in [0.2, 0.25) is 0 Å². The molecule has 2 aromatic rings. The molecule has 2 N–H and O–H groups in total. The summed E-state index contributed by atoms with van der Waals surface area (Å²) in [4.78, 5) is 1.32. The monoisotopic (exact) mass is 215 g/mol. The summed E-state index contributed by atoms with van der Waals surface area (Å²) in [6.07, 6.45) is 2.25. The first-order valence-corrected chi connectivity index (χ1v) is 6.09. The smallest absolute Gasteiger partial charge is 0.0411 e. The van der Waals surface area contributed by atoms with E-state index < -0.39 is 0 Å². The lowest BCUT2D eigenvalue weighted by molar-refractivity contribution is 0.740. The van der Waals surface area contributed by atoms with Gasteiger partial charge in [0.05, 0.1) is 0 Å². The Morgan fingerprint density at radius 2 is 2.00 bits per heavy atom. The van der Waals surface area contributed by atoms with Crippen LogP contribution in [-0.2, 0) is 5.54 Å². The van der Waals surface area contributed by atoms with Gasteiger partial charge in [-0.1, -0.05) is 24.3 Å². The number of rotatable bonds is 2. The summed E-state index contributed by atoms with van der Waals surface area (Å²) in [6, 6.07) is 12.9. The Labute approximate surface area is 93.6 Å². The zero-order valence-corrected chi connectivity index (χ0v) is 9.26. The molecular weight excluding hydrogens is 202 g/mol. The van der Waals surface area contributed by atoms with Crippen molar-refractivity contribution < 1.29 is 0 Å². The summed E-state index contributed by atoms with van der Waals surface area (Å²) < 4.78 is 0. The fourth-order valence-electron chi connectivity index (χ4n) is 1.85. The van der Waals surface area contributed by atoms with Crippen molar-refractivity contribution in [1.82, 2.24) is 0 Å². The van der Waals surface area contributed by atoms with Crippen LogP contribution in [0.25, 0.3) is 10.4 Å². The molecule has 0 saturated heterocycles. The summed E-state index contributed by atoms with van der Waals surface area (Å²) in [5, 5.41) is 2.11. The third-order valence-corrected chi connectivity index (χ3v) is 3.95. The zero-order valence-electron chi connectivity index (χ0n) is 8.44. The molecule has 1 aliphatic carbocycles. The van der Waals surface area contributed by atoms with Crippen molar-refractivity contribution in [2.45, 2.75) is 18.4 Å². The predicted octanol–water partition coefficient (Wildman–Crippen LogP) is 3.36. The van der Waals surface area contributed by atoms with Gasteiger partial charge in [-0.2, -0.15) is 0 Å². The van der Waals surface area contributed by atoms with Crippen LogP contribution in [0, 0.1) is 0 Å². The summed E-state index contributed by atoms with van der Waals surface area (Å²) >= 11 is 1.77. The number of hydrogen-bond donors (Lipinski definition) is 1. The molecule has 1 aromatic heterocycles. The van der Waals surface area contributed by atoms with Gasteiger partial charge in [0.1, 0.15) is 0 Å². The van der Waals surface area contributed by atoms with Crippen molar-refractivity contribution >= 4 is 11.3 Å². The predicted molar refractivity (Wildman–Crippen MR) is 64.9 cm³/mol. The molecule has 1 nitrogen and oxygen atoms in total. The molecule has 76 valence electrons. The Kier molecular flexibility index (Phi) is 1.94. The Bertz CT molecular complexity index is 469. The Hall–Kier alpha value is -1.12. The quantitative estimate of drug-likeness (QED) is 0.816. The minimum atomic E-state index is -0.0206. The Balaban J connectivity index is 2.04. The van der Waals surface area contributed by atoms with Crippen LogP contribution in [0.3, 0.4) is 0 Å². The summed E-state index contributed by atoms with van der Waals surface area (Å²) in [7, 11) is 0. The highest BCUT2D eigenvalue weighted by Gasteiger charge is 2.39. The molecule has 0 atom stereocenters. The standard InChI is InChI=1S/C13H13NS/c14-13(6-7-13)11-4-1-3-10(9-11)12-5-2-8-15-12/h1-5,8-9H,6-7,14H2. The first-order valence-electron chi connectivity index (χ1n) is 5.21. The normalized spacial score (nSPS) is 17.7. The van der Waals surface area contributed by atoms with E-state index in [-0.39, 0.29) is 5.54 Å². The van der Waals surface area contributed by atoms with Gasteiger partial charge in [-0.15, -0.1) is 11.3 Å². The third kappa shape index (κ3) is 1.60. The van der Waals surface area contributed by atoms with Crippen LogP contribution in [0.4, 0.5) is 0 Å². The molecule has 1 aromatic carbocycles. The molecule has 1 saturated carbocycles. The molecule has 3 rings (SSSR count). The first-order chi connectivity index (χ1) is 7.28. The molecule has 1 aliphatic rings. The van der Waals surface area contributed by atoms with Gasteiger partial charge < -0.3 is 5.73 Å². The molecular formula is C13H13NS. The maximum atomic E-state index is 6.19. The van der Waals surface area contributed by atoms with Gasteiger partial charge in [-0.3, -0.25) is 0 Å². The number of hydrogen-bond acceptors (Lipinski definition) is 2. The number of nitrogens with two attached hydrogens (primary N) is 1. The van der Waals surface area contributed by atoms with Crippen LogP contribution in [0.15, 0.2) is 41.8 Å². The SMILES string of the molecule is NC1(c2cccc(-c3cccs3)c2)CC1. The van der Waals surface area contributed by atoms with Crippen molar-refractivity contribution in [3.05, 3.63) is 47.3 Å². The van der Waals surface area contributed by atoms with Crippen molar-refractivity contribution in [3.63, 3.8) is 0 Å². The highest BCUT2D eigenvalue weighted by Crippen LogP contribution is 2.43. The molecule has 0 amide bonds. The highest BCUT2D eigenvalue weighted by molar-refractivity contribution is 7.13. The lowest BCUT2D eigenvalue weighted by atomic mass is 10.0. The second-order valence-corrected chi connectivity index (χ2v) is 5.16. The van der Waals surface area contributed by atoms with E-state index in [0.29, 0.717) is 0 Å². The lowest BCUT2D eigenvalue weighted by Crippen LogP contribution is -2.18. The molecule has 0 spiro atoms. The summed E-state index contributed by atoms with van der Waals surface area (Å²) in [5.74, 6) is 0. The van der Waals surface area contributed by atoms with Gasteiger partial charge in [-0.25, -0.2) is 0 Å². The van der Waals surface area contributed by atoms with Gasteiger partial charge in [0.15, 0.2) is 0 Å². The minimum Gasteiger partial charge on any atom is -0.321 e. The lowest BCUT2D eigenvalue weighted by Gasteiger charge is -2.10. The van der Waals surface area contributed by atoms with Gasteiger partial charge >= 0.3 is 0 Å². The molecule has 0 radical (unpaired) electrons. The third-order valence-electron chi connectivity index (χ3n) is 3.03. The van der Waals surface area contributed by atoms with Gasteiger partial charge in [0.25, 0.3) is 0 Å². The summed E-state index contributed by atoms with van der Waals surface area (Å²) in [6.45, 7) is 0. The number of benzene rings is 1. The van der Waals surface area contributed by atoms with Crippen LogP contribution < -0.4 is 5.73 Å². The van der Waals surface area contributed by atoms with Gasteiger partial charge in [-0.05, 0) is 41.5 Å². The van der Waals surface area contributed by atoms with Crippen molar-refractivity contribution in [3.8, 4) is 10.4 Å². The highest BCUT2D eigenvalue weighted by atomic mass is 32.1. The van der Waals surface area contributed by atoms with Crippen molar-refractivity contribution in [1.29, 1.82) is 0 Å². The van der Waals surface area contributed by atoms with E-state index in [0.717, 1.165) is 12.8 Å². The fraction of sp³-hybridized carbons (Fsp3) is 0.231. The second-order valence-electron chi connectivity index (χ2n) is 4.21. The molecule has 1 heterocycles. The van der Waals surface area contributed by atoms with E-state index in [2.05, 4.69) is 41.8 Å². The molecule has 0 unspecified atom stereocenters. The van der Waals surface area contributed by atoms with E-state index in [1.165, 1.54) is 16.0 Å². The van der Waals surface area contributed by atoms with E-state index in [4.69, 9.17) is 5.73 Å². The van der Waals surface area contributed by atoms with Crippen molar-refractivity contribution in [2.75, 3.05) is 0 Å². The summed E-state index contributed by atoms with van der Waals surface area (Å²) in [5.41, 5.74) is 8.75. The van der Waals surface area contributed by atoms with Crippen LogP contribution in [0.2, 0.25) is 0 Å². The topological polar surface area (TPSA) is 26.0 Å². The van der Waals surface area contributed by atoms with Crippen LogP contribution in [0.5, 0.6) is 0 Å². The van der Waals surface area contributed by atoms with E-state index in [9.17, 15) is 0 Å². The fourth-order valence-corrected chi connectivity index (χ4v) is 2.57. The maximum absolute atomic E-state index is 6.19. The molecule has 0 bridgehead atoms. The van der Waals surface area contributed by atoms with Crippen molar-refractivity contribution in [2.24, 2.45) is 5.73 Å². The largest absolute Gasteiger partial charge is 0.321 e. The molecule has 1 fully saturated rings. The minimum absolute atomic E-state index is 0.0206. The average Bonchev–Trinajstić information content (AvgIpc) is 2.84. The van der Waals surface area contributed by atoms with Gasteiger partial charge in [0, 0.05) is 10.4 Å². The first kappa shape index (κ1) is 9.13. The van der Waals surface area contributed by atoms with E-state index >= 15 is 0 Å². The number of thiophene rings is 1. The van der Waals surface area contributed by atoms with E-state index in [1.807, 2.05) is 0 Å². The molecule has 2 heteroatoms. The molecule has 0 aliphatic heterocycles. The Morgan fingerprint density at radius 1 is 1.13 bits per heavy atom. The van der Waals surface area contributed by atoms with Crippen LogP contribution in [0.1, 0.15) is 18.4 Å². The average molecular weight is 215 g/mol. The van der Waals surface area contributed by atoms with E-state index in [1.54, 1.807) is 11.3 Å². The maximum Gasteiger partial charge on any atom is 0.0411 e. The second kappa shape index (κ2) is 3.19. The van der Waals surface area contributed by atoms with Crippen LogP contribution >= 0.6 is 11.3 Å².